The second kappa shape index (κ2) is 9.79. The van der Waals surface area contributed by atoms with Crippen molar-refractivity contribution in [3.63, 3.8) is 0 Å². The Balaban J connectivity index is 2.28. The van der Waals surface area contributed by atoms with E-state index in [1.54, 1.807) is 0 Å². The Labute approximate surface area is 211 Å². The van der Waals surface area contributed by atoms with E-state index < -0.39 is 7.92 Å². The molecular formula is C30H42N2P2. The molecule has 1 unspecified atom stereocenters. The Morgan fingerprint density at radius 1 is 0.706 bits per heavy atom. The van der Waals surface area contributed by atoms with Crippen LogP contribution in [0.3, 0.4) is 0 Å². The molecule has 0 N–H and O–H groups in total. The van der Waals surface area contributed by atoms with Crippen LogP contribution in [0.2, 0.25) is 0 Å². The quantitative estimate of drug-likeness (QED) is 0.343. The van der Waals surface area contributed by atoms with Gasteiger partial charge in [0.05, 0.1) is 10.9 Å². The standard InChI is InChI=1S/C30H42N2P2/c1-27(2,3)23-16-17-24(30(33,28(4,5)6)29(7,8)9)22(20-23)21-34(25-14-10-12-18-31-25)26-15-11-13-19-32-26/h10-20H,21,33H2,1-9H3. The van der Waals surface area contributed by atoms with E-state index >= 15 is 0 Å². The van der Waals surface area contributed by atoms with Crippen LogP contribution in [0.4, 0.5) is 0 Å². The van der Waals surface area contributed by atoms with Crippen molar-refractivity contribution in [1.82, 2.24) is 9.97 Å². The molecule has 3 rings (SSSR count). The molecule has 1 aromatic carbocycles. The summed E-state index contributed by atoms with van der Waals surface area (Å²) in [7, 11) is 2.56. The number of hydrogen-bond acceptors (Lipinski definition) is 2. The summed E-state index contributed by atoms with van der Waals surface area (Å²) in [5.74, 6) is 0. The van der Waals surface area contributed by atoms with Crippen molar-refractivity contribution in [1.29, 1.82) is 0 Å². The molecule has 34 heavy (non-hydrogen) atoms. The third-order valence-electron chi connectivity index (χ3n) is 6.94. The molecule has 2 aromatic heterocycles. The lowest BCUT2D eigenvalue weighted by atomic mass is 9.61. The lowest BCUT2D eigenvalue weighted by molar-refractivity contribution is 0.139. The minimum atomic E-state index is -0.742. The molecule has 2 nitrogen and oxygen atoms in total. The van der Waals surface area contributed by atoms with E-state index in [-0.39, 0.29) is 21.4 Å². The molecule has 3 aromatic rings. The predicted molar refractivity (Wildman–Crippen MR) is 154 cm³/mol. The summed E-state index contributed by atoms with van der Waals surface area (Å²) in [5.41, 5.74) is 6.64. The third-order valence-corrected chi connectivity index (χ3v) is 11.3. The fraction of sp³-hybridized carbons (Fsp3) is 0.467. The Hall–Kier alpha value is -1.62. The van der Waals surface area contributed by atoms with Crippen LogP contribution >= 0.6 is 17.2 Å². The molecule has 1 atom stereocenters. The Bertz CT molecular complexity index is 1040. The van der Waals surface area contributed by atoms with Crippen molar-refractivity contribution in [2.24, 2.45) is 10.8 Å². The maximum Gasteiger partial charge on any atom is 0.0695 e. The maximum absolute atomic E-state index is 4.80. The van der Waals surface area contributed by atoms with Crippen LogP contribution in [0.25, 0.3) is 0 Å². The monoisotopic (exact) mass is 492 g/mol. The van der Waals surface area contributed by atoms with Gasteiger partial charge in [0.25, 0.3) is 0 Å². The van der Waals surface area contributed by atoms with Gasteiger partial charge in [0.15, 0.2) is 0 Å². The van der Waals surface area contributed by atoms with Gasteiger partial charge in [0, 0.05) is 31.6 Å². The van der Waals surface area contributed by atoms with Crippen LogP contribution < -0.4 is 10.9 Å². The van der Waals surface area contributed by atoms with E-state index in [0.717, 1.165) is 17.0 Å². The molecule has 4 heteroatoms. The van der Waals surface area contributed by atoms with Crippen LogP contribution in [0.1, 0.15) is 79.0 Å². The smallest absolute Gasteiger partial charge is 0.0695 e. The van der Waals surface area contributed by atoms with Crippen molar-refractivity contribution in [2.75, 3.05) is 0 Å². The number of aromatic nitrogens is 2. The summed E-state index contributed by atoms with van der Waals surface area (Å²) in [4.78, 5) is 9.59. The van der Waals surface area contributed by atoms with Gasteiger partial charge in [-0.05, 0) is 57.2 Å². The highest BCUT2D eigenvalue weighted by molar-refractivity contribution is 7.71. The molecule has 0 aliphatic heterocycles. The van der Waals surface area contributed by atoms with Crippen LogP contribution in [-0.4, -0.2) is 9.97 Å². The average Bonchev–Trinajstić information content (AvgIpc) is 2.76. The predicted octanol–water partition coefficient (Wildman–Crippen LogP) is 7.57. The molecule has 0 saturated carbocycles. The van der Waals surface area contributed by atoms with Crippen molar-refractivity contribution in [3.8, 4) is 0 Å². The van der Waals surface area contributed by atoms with Crippen molar-refractivity contribution >= 4 is 28.0 Å². The first-order valence-electron chi connectivity index (χ1n) is 12.2. The highest BCUT2D eigenvalue weighted by Gasteiger charge is 2.49. The molecule has 0 fully saturated rings. The first-order valence-corrected chi connectivity index (χ1v) is 14.3. The van der Waals surface area contributed by atoms with Gasteiger partial charge >= 0.3 is 0 Å². The van der Waals surface area contributed by atoms with E-state index in [4.69, 9.17) is 9.97 Å². The summed E-state index contributed by atoms with van der Waals surface area (Å²) < 4.78 is 0. The summed E-state index contributed by atoms with van der Waals surface area (Å²) in [5, 5.41) is -0.110. The van der Waals surface area contributed by atoms with Gasteiger partial charge in [-0.25, -0.2) is 0 Å². The molecule has 0 radical (unpaired) electrons. The molecular weight excluding hydrogens is 450 g/mol. The van der Waals surface area contributed by atoms with Gasteiger partial charge in [-0.3, -0.25) is 9.97 Å². The van der Waals surface area contributed by atoms with Crippen LogP contribution in [-0.2, 0) is 16.7 Å². The second-order valence-corrected chi connectivity index (χ2v) is 15.3. The van der Waals surface area contributed by atoms with Gasteiger partial charge in [-0.2, -0.15) is 0 Å². The highest BCUT2D eigenvalue weighted by Crippen LogP contribution is 2.59. The fourth-order valence-corrected chi connectivity index (χ4v) is 7.37. The number of nitrogens with zero attached hydrogens (tertiary/aromatic N) is 2. The summed E-state index contributed by atoms with van der Waals surface area (Å²) in [6.45, 7) is 21.1. The van der Waals surface area contributed by atoms with Crippen LogP contribution in [0, 0.1) is 10.8 Å². The number of pyridine rings is 2. The molecule has 2 heterocycles. The molecule has 0 aliphatic carbocycles. The SMILES string of the molecule is CC(C)(C)c1ccc(C(P)(C(C)(C)C)C(C)(C)C)c(CP(c2ccccn2)c2ccccn2)c1. The highest BCUT2D eigenvalue weighted by atomic mass is 31.1. The van der Waals surface area contributed by atoms with Crippen LogP contribution in [0.5, 0.6) is 0 Å². The Morgan fingerprint density at radius 3 is 1.59 bits per heavy atom. The van der Waals surface area contributed by atoms with E-state index in [1.807, 2.05) is 24.5 Å². The zero-order valence-electron chi connectivity index (χ0n) is 22.5. The molecule has 0 amide bonds. The van der Waals surface area contributed by atoms with Gasteiger partial charge in [-0.1, -0.05) is 92.6 Å². The van der Waals surface area contributed by atoms with Crippen molar-refractivity contribution < 1.29 is 0 Å². The molecule has 182 valence electrons. The van der Waals surface area contributed by atoms with E-state index in [1.165, 1.54) is 16.7 Å². The topological polar surface area (TPSA) is 25.8 Å². The number of hydrogen-bond donors (Lipinski definition) is 0. The minimum absolute atomic E-state index is 0.0483. The molecule has 0 saturated heterocycles. The summed E-state index contributed by atoms with van der Waals surface area (Å²) in [6.07, 6.45) is 4.74. The first kappa shape index (κ1) is 27.0. The Kier molecular flexibility index (Phi) is 7.77. The zero-order chi connectivity index (χ0) is 25.4. The summed E-state index contributed by atoms with van der Waals surface area (Å²) in [6, 6.07) is 19.7. The van der Waals surface area contributed by atoms with Gasteiger partial charge < -0.3 is 0 Å². The van der Waals surface area contributed by atoms with Crippen LogP contribution in [0.15, 0.2) is 67.0 Å². The average molecular weight is 493 g/mol. The van der Waals surface area contributed by atoms with Gasteiger partial charge in [-0.15, -0.1) is 9.24 Å². The first-order chi connectivity index (χ1) is 15.7. The minimum Gasteiger partial charge on any atom is -0.256 e. The normalized spacial score (nSPS) is 13.4. The molecule has 0 bridgehead atoms. The molecule has 0 spiro atoms. The van der Waals surface area contributed by atoms with Gasteiger partial charge in [0.1, 0.15) is 0 Å². The van der Waals surface area contributed by atoms with E-state index in [2.05, 4.69) is 114 Å². The third kappa shape index (κ3) is 5.45. The van der Waals surface area contributed by atoms with Crippen molar-refractivity contribution in [3.05, 3.63) is 83.7 Å². The summed E-state index contributed by atoms with van der Waals surface area (Å²) >= 11 is 0. The maximum atomic E-state index is 4.80. The molecule has 0 aliphatic rings. The fourth-order valence-electron chi connectivity index (χ4n) is 4.99. The lowest BCUT2D eigenvalue weighted by Crippen LogP contribution is -2.46. The number of rotatable bonds is 5. The lowest BCUT2D eigenvalue weighted by Gasteiger charge is -2.52. The Morgan fingerprint density at radius 2 is 1.21 bits per heavy atom. The second-order valence-electron chi connectivity index (χ2n) is 12.4. The van der Waals surface area contributed by atoms with Gasteiger partial charge in [0.2, 0.25) is 0 Å². The largest absolute Gasteiger partial charge is 0.256 e. The zero-order valence-corrected chi connectivity index (χ0v) is 24.5. The van der Waals surface area contributed by atoms with E-state index in [0.29, 0.717) is 0 Å². The van der Waals surface area contributed by atoms with E-state index in [9.17, 15) is 0 Å². The number of benzene rings is 1. The van der Waals surface area contributed by atoms with Crippen molar-refractivity contribution in [2.45, 2.75) is 79.0 Å².